The highest BCUT2D eigenvalue weighted by Gasteiger charge is 2.13. The fourth-order valence-electron chi connectivity index (χ4n) is 0.871. The SMILES string of the molecule is NC(=S)CNC(=O)C(=O)Nc1ccc(Br)cn1. The lowest BCUT2D eigenvalue weighted by atomic mass is 10.4. The second-order valence-electron chi connectivity index (χ2n) is 2.96. The molecule has 6 nitrogen and oxygen atoms in total. The van der Waals surface area contributed by atoms with Crippen molar-refractivity contribution >= 4 is 50.8 Å². The van der Waals surface area contributed by atoms with Gasteiger partial charge in [-0.25, -0.2) is 4.98 Å². The minimum atomic E-state index is -0.823. The molecule has 0 aliphatic rings. The van der Waals surface area contributed by atoms with Crippen molar-refractivity contribution in [1.82, 2.24) is 10.3 Å². The molecule has 0 radical (unpaired) electrons. The Hall–Kier alpha value is -1.54. The number of nitrogens with two attached hydrogens (primary N) is 1. The number of anilines is 1. The summed E-state index contributed by atoms with van der Waals surface area (Å²) >= 11 is 7.76. The third kappa shape index (κ3) is 4.87. The molecule has 0 spiro atoms. The van der Waals surface area contributed by atoms with Gasteiger partial charge in [0.1, 0.15) is 5.82 Å². The van der Waals surface area contributed by atoms with Crippen LogP contribution in [0.5, 0.6) is 0 Å². The summed E-state index contributed by atoms with van der Waals surface area (Å²) in [5.41, 5.74) is 5.18. The van der Waals surface area contributed by atoms with Crippen molar-refractivity contribution in [3.63, 3.8) is 0 Å². The first-order valence-corrected chi connectivity index (χ1v) is 5.68. The van der Waals surface area contributed by atoms with E-state index in [0.29, 0.717) is 0 Å². The van der Waals surface area contributed by atoms with E-state index in [1.807, 2.05) is 0 Å². The van der Waals surface area contributed by atoms with Crippen LogP contribution in [0.1, 0.15) is 0 Å². The fraction of sp³-hybridized carbons (Fsp3) is 0.111. The Balaban J connectivity index is 2.51. The van der Waals surface area contributed by atoms with E-state index in [-0.39, 0.29) is 17.4 Å². The van der Waals surface area contributed by atoms with Gasteiger partial charge in [0.2, 0.25) is 0 Å². The zero-order valence-corrected chi connectivity index (χ0v) is 11.0. The molecule has 0 fully saturated rings. The average Bonchev–Trinajstić information content (AvgIpc) is 2.28. The molecule has 17 heavy (non-hydrogen) atoms. The number of hydrogen-bond donors (Lipinski definition) is 3. The van der Waals surface area contributed by atoms with Gasteiger partial charge in [-0.05, 0) is 28.1 Å². The molecule has 1 aromatic rings. The van der Waals surface area contributed by atoms with Gasteiger partial charge < -0.3 is 16.4 Å². The summed E-state index contributed by atoms with van der Waals surface area (Å²) in [5.74, 6) is -1.36. The first-order valence-electron chi connectivity index (χ1n) is 4.48. The zero-order chi connectivity index (χ0) is 12.8. The first kappa shape index (κ1) is 13.5. The number of pyridine rings is 1. The Labute approximate surface area is 111 Å². The van der Waals surface area contributed by atoms with Gasteiger partial charge in [-0.15, -0.1) is 0 Å². The molecule has 0 saturated heterocycles. The molecule has 90 valence electrons. The Morgan fingerprint density at radius 2 is 2.12 bits per heavy atom. The smallest absolute Gasteiger partial charge is 0.314 e. The number of carbonyl (C=O) groups is 2. The van der Waals surface area contributed by atoms with Crippen molar-refractivity contribution < 1.29 is 9.59 Å². The van der Waals surface area contributed by atoms with Gasteiger partial charge in [-0.2, -0.15) is 0 Å². The number of halogens is 1. The van der Waals surface area contributed by atoms with Gasteiger partial charge in [0.25, 0.3) is 0 Å². The number of hydrogen-bond acceptors (Lipinski definition) is 4. The molecule has 8 heteroatoms. The molecule has 0 unspecified atom stereocenters. The van der Waals surface area contributed by atoms with Crippen LogP contribution >= 0.6 is 28.1 Å². The highest BCUT2D eigenvalue weighted by atomic mass is 79.9. The summed E-state index contributed by atoms with van der Waals surface area (Å²) in [7, 11) is 0. The molecule has 0 aliphatic carbocycles. The largest absolute Gasteiger partial charge is 0.392 e. The first-order chi connectivity index (χ1) is 7.99. The highest BCUT2D eigenvalue weighted by Crippen LogP contribution is 2.10. The highest BCUT2D eigenvalue weighted by molar-refractivity contribution is 9.10. The summed E-state index contributed by atoms with van der Waals surface area (Å²) in [5, 5.41) is 4.58. The summed E-state index contributed by atoms with van der Waals surface area (Å²) in [6.07, 6.45) is 1.50. The number of amides is 2. The molecular formula is C9H9BrN4O2S. The number of thiocarbonyl (C=S) groups is 1. The van der Waals surface area contributed by atoms with Crippen molar-refractivity contribution in [3.05, 3.63) is 22.8 Å². The van der Waals surface area contributed by atoms with Gasteiger partial charge in [0.15, 0.2) is 0 Å². The van der Waals surface area contributed by atoms with Crippen molar-refractivity contribution in [2.75, 3.05) is 11.9 Å². The van der Waals surface area contributed by atoms with E-state index >= 15 is 0 Å². The van der Waals surface area contributed by atoms with Crippen LogP contribution in [0.4, 0.5) is 5.82 Å². The van der Waals surface area contributed by atoms with Crippen LogP contribution in [0.3, 0.4) is 0 Å². The molecule has 0 saturated carbocycles. The quantitative estimate of drug-likeness (QED) is 0.546. The van der Waals surface area contributed by atoms with E-state index in [9.17, 15) is 9.59 Å². The number of carbonyl (C=O) groups excluding carboxylic acids is 2. The maximum atomic E-state index is 11.4. The second-order valence-corrected chi connectivity index (χ2v) is 4.40. The van der Waals surface area contributed by atoms with Gasteiger partial charge in [0, 0.05) is 10.7 Å². The Kier molecular flexibility index (Phi) is 4.98. The number of nitrogens with one attached hydrogen (secondary N) is 2. The van der Waals surface area contributed by atoms with E-state index in [1.54, 1.807) is 12.1 Å². The normalized spacial score (nSPS) is 9.47. The Bertz CT molecular complexity index is 449. The third-order valence-electron chi connectivity index (χ3n) is 1.60. The number of rotatable bonds is 3. The molecule has 1 aromatic heterocycles. The van der Waals surface area contributed by atoms with Crippen LogP contribution in [0, 0.1) is 0 Å². The van der Waals surface area contributed by atoms with Crippen molar-refractivity contribution in [1.29, 1.82) is 0 Å². The lowest BCUT2D eigenvalue weighted by Gasteiger charge is -2.04. The van der Waals surface area contributed by atoms with Crippen molar-refractivity contribution in [2.24, 2.45) is 5.73 Å². The fourth-order valence-corrected chi connectivity index (χ4v) is 1.18. The number of nitrogens with zero attached hydrogens (tertiary/aromatic N) is 1. The zero-order valence-electron chi connectivity index (χ0n) is 8.57. The summed E-state index contributed by atoms with van der Waals surface area (Å²) in [4.78, 5) is 26.6. The van der Waals surface area contributed by atoms with E-state index in [2.05, 4.69) is 43.8 Å². The topological polar surface area (TPSA) is 97.1 Å². The van der Waals surface area contributed by atoms with Crippen molar-refractivity contribution in [2.45, 2.75) is 0 Å². The lowest BCUT2D eigenvalue weighted by molar-refractivity contribution is -0.136. The maximum absolute atomic E-state index is 11.4. The molecule has 0 aromatic carbocycles. The van der Waals surface area contributed by atoms with Gasteiger partial charge in [0.05, 0.1) is 11.5 Å². The van der Waals surface area contributed by atoms with E-state index < -0.39 is 11.8 Å². The summed E-state index contributed by atoms with van der Waals surface area (Å²) < 4.78 is 0.772. The van der Waals surface area contributed by atoms with E-state index in [0.717, 1.165) is 4.47 Å². The van der Waals surface area contributed by atoms with E-state index in [4.69, 9.17) is 5.73 Å². The number of aromatic nitrogens is 1. The third-order valence-corrected chi connectivity index (χ3v) is 2.21. The Morgan fingerprint density at radius 1 is 1.41 bits per heavy atom. The van der Waals surface area contributed by atoms with Gasteiger partial charge in [-0.3, -0.25) is 9.59 Å². The molecule has 0 bridgehead atoms. The predicted octanol–water partition coefficient (Wildman–Crippen LogP) is 0.185. The maximum Gasteiger partial charge on any atom is 0.314 e. The standard InChI is InChI=1S/C9H9BrN4O2S/c10-5-1-2-7(12-3-5)14-9(16)8(15)13-4-6(11)17/h1-3H,4H2,(H2,11,17)(H,13,15)(H,12,14,16). The van der Waals surface area contributed by atoms with Crippen LogP contribution in [0.2, 0.25) is 0 Å². The average molecular weight is 317 g/mol. The van der Waals surface area contributed by atoms with Crippen LogP contribution < -0.4 is 16.4 Å². The minimum absolute atomic E-state index is 0.0185. The van der Waals surface area contributed by atoms with E-state index in [1.165, 1.54) is 6.20 Å². The van der Waals surface area contributed by atoms with Crippen LogP contribution in [0.25, 0.3) is 0 Å². The molecule has 4 N–H and O–H groups in total. The Morgan fingerprint density at radius 3 is 2.65 bits per heavy atom. The lowest BCUT2D eigenvalue weighted by Crippen LogP contribution is -2.39. The monoisotopic (exact) mass is 316 g/mol. The minimum Gasteiger partial charge on any atom is -0.392 e. The molecule has 1 heterocycles. The van der Waals surface area contributed by atoms with Crippen LogP contribution in [0.15, 0.2) is 22.8 Å². The molecular weight excluding hydrogens is 308 g/mol. The molecule has 2 amide bonds. The summed E-state index contributed by atoms with van der Waals surface area (Å²) in [6, 6.07) is 3.25. The molecule has 1 rings (SSSR count). The van der Waals surface area contributed by atoms with Crippen LogP contribution in [-0.4, -0.2) is 28.3 Å². The molecule has 0 aliphatic heterocycles. The van der Waals surface area contributed by atoms with Gasteiger partial charge >= 0.3 is 11.8 Å². The van der Waals surface area contributed by atoms with Crippen LogP contribution in [-0.2, 0) is 9.59 Å². The second kappa shape index (κ2) is 6.26. The van der Waals surface area contributed by atoms with Crippen molar-refractivity contribution in [3.8, 4) is 0 Å². The predicted molar refractivity (Wildman–Crippen MR) is 70.4 cm³/mol. The van der Waals surface area contributed by atoms with Gasteiger partial charge in [-0.1, -0.05) is 12.2 Å². The summed E-state index contributed by atoms with van der Waals surface area (Å²) in [6.45, 7) is -0.0185. The molecule has 0 atom stereocenters.